The fourth-order valence-corrected chi connectivity index (χ4v) is 0.856. The van der Waals surface area contributed by atoms with Crippen molar-refractivity contribution in [1.29, 1.82) is 0 Å². The van der Waals surface area contributed by atoms with Crippen molar-refractivity contribution in [2.24, 2.45) is 0 Å². The molecule has 0 N–H and O–H groups in total. The Morgan fingerprint density at radius 2 is 1.45 bits per heavy atom. The molecule has 0 nitrogen and oxygen atoms in total. The van der Waals surface area contributed by atoms with E-state index in [1.807, 2.05) is 0 Å². The van der Waals surface area contributed by atoms with E-state index >= 15 is 0 Å². The number of hydrogen-bond donors (Lipinski definition) is 0. The highest BCUT2D eigenvalue weighted by Gasteiger charge is 2.25. The monoisotopic (exact) mass is 167 g/mol. The Balaban J connectivity index is 3.02. The zero-order valence-corrected chi connectivity index (χ0v) is 6.58. The van der Waals surface area contributed by atoms with Crippen molar-refractivity contribution in [3.8, 4) is 0 Å². The van der Waals surface area contributed by atoms with Crippen LogP contribution >= 0.6 is 0 Å². The lowest BCUT2D eigenvalue weighted by molar-refractivity contribution is -0.135. The van der Waals surface area contributed by atoms with Crippen molar-refractivity contribution in [3.05, 3.63) is 6.92 Å². The molecule has 0 atom stereocenters. The van der Waals surface area contributed by atoms with E-state index in [9.17, 15) is 13.2 Å². The van der Waals surface area contributed by atoms with Crippen LogP contribution in [0.5, 0.6) is 0 Å². The Bertz CT molecular complexity index is 85.8. The van der Waals surface area contributed by atoms with Crippen LogP contribution in [0, 0.1) is 6.92 Å². The Kier molecular flexibility index (Phi) is 5.34. The Morgan fingerprint density at radius 1 is 0.909 bits per heavy atom. The Hall–Kier alpha value is -0.210. The molecule has 0 fully saturated rings. The fraction of sp³-hybridized carbons (Fsp3) is 0.875. The van der Waals surface area contributed by atoms with Gasteiger partial charge in [-0.25, -0.2) is 0 Å². The molecule has 11 heavy (non-hydrogen) atoms. The number of hydrogen-bond acceptors (Lipinski definition) is 0. The molecule has 0 aliphatic carbocycles. The van der Waals surface area contributed by atoms with Gasteiger partial charge in [0.25, 0.3) is 0 Å². The summed E-state index contributed by atoms with van der Waals surface area (Å²) in [6, 6.07) is 0. The van der Waals surface area contributed by atoms with Crippen LogP contribution < -0.4 is 0 Å². The van der Waals surface area contributed by atoms with E-state index in [0.29, 0.717) is 6.42 Å². The van der Waals surface area contributed by atoms with Gasteiger partial charge in [0.15, 0.2) is 0 Å². The third-order valence-corrected chi connectivity index (χ3v) is 1.46. The third kappa shape index (κ3) is 9.79. The minimum Gasteiger partial charge on any atom is -0.171 e. The molecule has 0 amide bonds. The van der Waals surface area contributed by atoms with E-state index in [2.05, 4.69) is 6.92 Å². The summed E-state index contributed by atoms with van der Waals surface area (Å²) in [5, 5.41) is 0. The molecule has 0 saturated heterocycles. The van der Waals surface area contributed by atoms with Crippen molar-refractivity contribution in [3.63, 3.8) is 0 Å². The maximum atomic E-state index is 11.6. The van der Waals surface area contributed by atoms with Gasteiger partial charge in [-0.1, -0.05) is 32.6 Å². The van der Waals surface area contributed by atoms with Crippen LogP contribution in [0.3, 0.4) is 0 Å². The van der Waals surface area contributed by atoms with Crippen LogP contribution in [0.2, 0.25) is 0 Å². The van der Waals surface area contributed by atoms with Gasteiger partial charge in [-0.15, -0.1) is 0 Å². The molecule has 0 rings (SSSR count). The van der Waals surface area contributed by atoms with Gasteiger partial charge in [-0.05, 0) is 6.42 Å². The smallest absolute Gasteiger partial charge is 0.171 e. The molecule has 0 unspecified atom stereocenters. The van der Waals surface area contributed by atoms with E-state index < -0.39 is 12.6 Å². The first-order valence-corrected chi connectivity index (χ1v) is 3.92. The second-order valence-corrected chi connectivity index (χ2v) is 2.63. The van der Waals surface area contributed by atoms with Crippen LogP contribution in [0.1, 0.15) is 38.5 Å². The highest BCUT2D eigenvalue weighted by molar-refractivity contribution is 4.51. The van der Waals surface area contributed by atoms with Gasteiger partial charge in [-0.2, -0.15) is 13.2 Å². The molecular formula is C8H14F3. The molecule has 0 aliphatic rings. The van der Waals surface area contributed by atoms with Crippen molar-refractivity contribution in [2.45, 2.75) is 44.7 Å². The highest BCUT2D eigenvalue weighted by Crippen LogP contribution is 2.22. The second-order valence-electron chi connectivity index (χ2n) is 2.63. The minimum atomic E-state index is -3.97. The fourth-order valence-electron chi connectivity index (χ4n) is 0.856. The zero-order valence-electron chi connectivity index (χ0n) is 6.58. The summed E-state index contributed by atoms with van der Waals surface area (Å²) in [6.45, 7) is 3.61. The summed E-state index contributed by atoms with van der Waals surface area (Å²) in [5.41, 5.74) is 0. The van der Waals surface area contributed by atoms with Crippen LogP contribution in [0.25, 0.3) is 0 Å². The molecule has 0 spiro atoms. The third-order valence-electron chi connectivity index (χ3n) is 1.46. The number of rotatable bonds is 5. The average Bonchev–Trinajstić information content (AvgIpc) is 1.85. The number of halogens is 3. The SMILES string of the molecule is [CH2]CCCCCCC(F)(F)F. The lowest BCUT2D eigenvalue weighted by atomic mass is 10.1. The Labute approximate surface area is 65.8 Å². The maximum Gasteiger partial charge on any atom is 0.389 e. The van der Waals surface area contributed by atoms with Crippen molar-refractivity contribution >= 4 is 0 Å². The van der Waals surface area contributed by atoms with E-state index in [-0.39, 0.29) is 6.42 Å². The molecule has 1 radical (unpaired) electrons. The number of unbranched alkanes of at least 4 members (excludes halogenated alkanes) is 4. The van der Waals surface area contributed by atoms with Gasteiger partial charge in [0.2, 0.25) is 0 Å². The molecule has 0 heterocycles. The van der Waals surface area contributed by atoms with Crippen LogP contribution in [-0.4, -0.2) is 6.18 Å². The minimum absolute atomic E-state index is 0.267. The largest absolute Gasteiger partial charge is 0.389 e. The molecule has 0 aromatic heterocycles. The molecule has 0 bridgehead atoms. The first kappa shape index (κ1) is 10.8. The van der Waals surface area contributed by atoms with Crippen molar-refractivity contribution in [2.75, 3.05) is 0 Å². The van der Waals surface area contributed by atoms with E-state index in [1.165, 1.54) is 0 Å². The summed E-state index contributed by atoms with van der Waals surface area (Å²) in [5.74, 6) is 0. The summed E-state index contributed by atoms with van der Waals surface area (Å²) >= 11 is 0. The quantitative estimate of drug-likeness (QED) is 0.547. The molecule has 0 aliphatic heterocycles. The maximum absolute atomic E-state index is 11.6. The molecule has 3 heteroatoms. The standard InChI is InChI=1S/C8H14F3/c1-2-3-4-5-6-7-8(9,10)11/h1-7H2. The number of alkyl halides is 3. The first-order valence-electron chi connectivity index (χ1n) is 3.92. The van der Waals surface area contributed by atoms with Gasteiger partial charge in [0.05, 0.1) is 0 Å². The van der Waals surface area contributed by atoms with Crippen LogP contribution in [0.4, 0.5) is 13.2 Å². The molecule has 0 saturated carbocycles. The van der Waals surface area contributed by atoms with E-state index in [0.717, 1.165) is 19.3 Å². The molecular weight excluding hydrogens is 153 g/mol. The van der Waals surface area contributed by atoms with Gasteiger partial charge >= 0.3 is 6.18 Å². The lowest BCUT2D eigenvalue weighted by Crippen LogP contribution is -2.06. The summed E-state index contributed by atoms with van der Waals surface area (Å²) < 4.78 is 34.7. The van der Waals surface area contributed by atoms with E-state index in [4.69, 9.17) is 0 Å². The van der Waals surface area contributed by atoms with Crippen molar-refractivity contribution in [1.82, 2.24) is 0 Å². The summed E-state index contributed by atoms with van der Waals surface area (Å²) in [6.07, 6.45) is -1.02. The zero-order chi connectivity index (χ0) is 8.74. The molecule has 0 aromatic carbocycles. The molecule has 67 valence electrons. The normalized spacial score (nSPS) is 12.0. The van der Waals surface area contributed by atoms with Gasteiger partial charge in [0, 0.05) is 6.42 Å². The topological polar surface area (TPSA) is 0 Å². The van der Waals surface area contributed by atoms with E-state index in [1.54, 1.807) is 0 Å². The first-order chi connectivity index (χ1) is 5.06. The second kappa shape index (κ2) is 5.44. The van der Waals surface area contributed by atoms with Crippen LogP contribution in [0.15, 0.2) is 0 Å². The predicted molar refractivity (Wildman–Crippen MR) is 39.1 cm³/mol. The van der Waals surface area contributed by atoms with Crippen LogP contribution in [-0.2, 0) is 0 Å². The van der Waals surface area contributed by atoms with Gasteiger partial charge < -0.3 is 0 Å². The lowest BCUT2D eigenvalue weighted by Gasteiger charge is -2.04. The highest BCUT2D eigenvalue weighted by atomic mass is 19.4. The van der Waals surface area contributed by atoms with Gasteiger partial charge in [-0.3, -0.25) is 0 Å². The average molecular weight is 167 g/mol. The summed E-state index contributed by atoms with van der Waals surface area (Å²) in [7, 11) is 0. The van der Waals surface area contributed by atoms with Crippen molar-refractivity contribution < 1.29 is 13.2 Å². The summed E-state index contributed by atoms with van der Waals surface area (Å²) in [4.78, 5) is 0. The Morgan fingerprint density at radius 3 is 1.91 bits per heavy atom. The molecule has 0 aromatic rings. The van der Waals surface area contributed by atoms with Gasteiger partial charge in [0.1, 0.15) is 0 Å². The predicted octanol–water partition coefficient (Wildman–Crippen LogP) is 3.72.